The lowest BCUT2D eigenvalue weighted by Gasteiger charge is -2.07. The van der Waals surface area contributed by atoms with Crippen LogP contribution in [0.25, 0.3) is 11.2 Å². The van der Waals surface area contributed by atoms with Crippen LogP contribution in [0.1, 0.15) is 11.1 Å². The molecule has 0 N–H and O–H groups in total. The molecular weight excluding hydrogens is 296 g/mol. The monoisotopic (exact) mass is 312 g/mol. The molecule has 0 fully saturated rings. The van der Waals surface area contributed by atoms with Crippen molar-refractivity contribution in [1.82, 2.24) is 14.5 Å². The molecule has 4 heteroatoms. The van der Waals surface area contributed by atoms with E-state index in [9.17, 15) is 0 Å². The summed E-state index contributed by atoms with van der Waals surface area (Å²) in [5.74, 6) is 0.656. The number of fused-ring (bicyclic) bond motifs is 1. The Balaban J connectivity index is 1.86. The van der Waals surface area contributed by atoms with E-state index >= 15 is 0 Å². The molecule has 24 heavy (non-hydrogen) atoms. The van der Waals surface area contributed by atoms with E-state index in [0.717, 1.165) is 22.4 Å². The average molecular weight is 312 g/mol. The SMILES string of the molecule is Cn1cnc2nc(N=C(c3ccccc3)c3ccccc3)ccc21. The van der Waals surface area contributed by atoms with Gasteiger partial charge in [-0.3, -0.25) is 0 Å². The van der Waals surface area contributed by atoms with Gasteiger partial charge in [-0.05, 0) is 12.1 Å². The third kappa shape index (κ3) is 2.70. The molecule has 4 nitrogen and oxygen atoms in total. The van der Waals surface area contributed by atoms with E-state index in [1.54, 1.807) is 6.33 Å². The summed E-state index contributed by atoms with van der Waals surface area (Å²) in [7, 11) is 1.96. The van der Waals surface area contributed by atoms with Crippen LogP contribution in [0, 0.1) is 0 Å². The highest BCUT2D eigenvalue weighted by atomic mass is 15.1. The Morgan fingerprint density at radius 3 is 2.08 bits per heavy atom. The fraction of sp³-hybridized carbons (Fsp3) is 0.0500. The number of aryl methyl sites for hydroxylation is 1. The number of imidazole rings is 1. The van der Waals surface area contributed by atoms with Crippen molar-refractivity contribution >= 4 is 22.7 Å². The minimum absolute atomic E-state index is 0.656. The van der Waals surface area contributed by atoms with E-state index in [1.165, 1.54) is 0 Å². The Morgan fingerprint density at radius 1 is 0.833 bits per heavy atom. The zero-order chi connectivity index (χ0) is 16.4. The molecule has 0 aliphatic rings. The minimum atomic E-state index is 0.656. The van der Waals surface area contributed by atoms with E-state index in [1.807, 2.05) is 60.1 Å². The van der Waals surface area contributed by atoms with E-state index in [-0.39, 0.29) is 0 Å². The third-order valence-corrected chi connectivity index (χ3v) is 3.89. The summed E-state index contributed by atoms with van der Waals surface area (Å²) in [5, 5.41) is 0. The zero-order valence-electron chi connectivity index (χ0n) is 13.3. The molecule has 0 spiro atoms. The number of benzene rings is 2. The highest BCUT2D eigenvalue weighted by Crippen LogP contribution is 2.19. The predicted octanol–water partition coefficient (Wildman–Crippen LogP) is 4.14. The fourth-order valence-corrected chi connectivity index (χ4v) is 2.67. The Morgan fingerprint density at radius 2 is 1.46 bits per heavy atom. The summed E-state index contributed by atoms with van der Waals surface area (Å²) in [6, 6.07) is 24.2. The second-order valence-electron chi connectivity index (χ2n) is 5.56. The van der Waals surface area contributed by atoms with E-state index in [0.29, 0.717) is 11.5 Å². The Kier molecular flexibility index (Phi) is 3.63. The molecule has 0 aliphatic carbocycles. The van der Waals surface area contributed by atoms with Crippen LogP contribution < -0.4 is 0 Å². The zero-order valence-corrected chi connectivity index (χ0v) is 13.3. The Hall–Kier alpha value is -3.27. The Bertz CT molecular complexity index is 960. The van der Waals surface area contributed by atoms with Gasteiger partial charge in [-0.15, -0.1) is 0 Å². The summed E-state index contributed by atoms with van der Waals surface area (Å²) in [6.45, 7) is 0. The highest BCUT2D eigenvalue weighted by molar-refractivity contribution is 6.13. The van der Waals surface area contributed by atoms with Crippen molar-refractivity contribution in [2.75, 3.05) is 0 Å². The second-order valence-corrected chi connectivity index (χ2v) is 5.56. The van der Waals surface area contributed by atoms with Gasteiger partial charge in [0.15, 0.2) is 11.5 Å². The molecule has 2 heterocycles. The molecule has 0 radical (unpaired) electrons. The first-order chi connectivity index (χ1) is 11.8. The lowest BCUT2D eigenvalue weighted by molar-refractivity contribution is 0.947. The van der Waals surface area contributed by atoms with E-state index < -0.39 is 0 Å². The van der Waals surface area contributed by atoms with Crippen molar-refractivity contribution in [3.63, 3.8) is 0 Å². The van der Waals surface area contributed by atoms with Gasteiger partial charge in [0.1, 0.15) is 0 Å². The number of pyridine rings is 1. The van der Waals surface area contributed by atoms with E-state index in [4.69, 9.17) is 4.99 Å². The molecule has 0 saturated carbocycles. The number of rotatable bonds is 3. The topological polar surface area (TPSA) is 43.1 Å². The van der Waals surface area contributed by atoms with Crippen molar-refractivity contribution in [2.24, 2.45) is 12.0 Å². The molecule has 0 atom stereocenters. The van der Waals surface area contributed by atoms with Crippen LogP contribution in [0.3, 0.4) is 0 Å². The molecule has 0 bridgehead atoms. The molecular formula is C20H16N4. The van der Waals surface area contributed by atoms with Gasteiger partial charge >= 0.3 is 0 Å². The lowest BCUT2D eigenvalue weighted by Crippen LogP contribution is -2.02. The fourth-order valence-electron chi connectivity index (χ4n) is 2.67. The van der Waals surface area contributed by atoms with Crippen LogP contribution in [0.2, 0.25) is 0 Å². The van der Waals surface area contributed by atoms with Gasteiger partial charge in [0.25, 0.3) is 0 Å². The van der Waals surface area contributed by atoms with Gasteiger partial charge in [0.05, 0.1) is 17.6 Å². The van der Waals surface area contributed by atoms with Crippen LogP contribution in [-0.2, 0) is 7.05 Å². The molecule has 0 unspecified atom stereocenters. The van der Waals surface area contributed by atoms with Gasteiger partial charge in [-0.2, -0.15) is 0 Å². The molecule has 0 aliphatic heterocycles. The molecule has 4 rings (SSSR count). The van der Waals surface area contributed by atoms with Crippen molar-refractivity contribution in [3.8, 4) is 0 Å². The van der Waals surface area contributed by atoms with Crippen LogP contribution in [-0.4, -0.2) is 20.2 Å². The second kappa shape index (κ2) is 6.08. The van der Waals surface area contributed by atoms with Crippen LogP contribution in [0.15, 0.2) is 84.1 Å². The third-order valence-electron chi connectivity index (χ3n) is 3.89. The summed E-state index contributed by atoms with van der Waals surface area (Å²) in [6.07, 6.45) is 1.76. The van der Waals surface area contributed by atoms with Gasteiger partial charge in [-0.1, -0.05) is 60.7 Å². The van der Waals surface area contributed by atoms with Gasteiger partial charge in [0, 0.05) is 18.2 Å². The first-order valence-corrected chi connectivity index (χ1v) is 7.79. The molecule has 2 aromatic heterocycles. The first kappa shape index (κ1) is 14.3. The number of hydrogen-bond acceptors (Lipinski definition) is 3. The first-order valence-electron chi connectivity index (χ1n) is 7.79. The predicted molar refractivity (Wildman–Crippen MR) is 96.7 cm³/mol. The smallest absolute Gasteiger partial charge is 0.179 e. The lowest BCUT2D eigenvalue weighted by atomic mass is 10.0. The molecule has 4 aromatic rings. The van der Waals surface area contributed by atoms with Crippen molar-refractivity contribution < 1.29 is 0 Å². The average Bonchev–Trinajstić information content (AvgIpc) is 3.02. The molecule has 0 saturated heterocycles. The minimum Gasteiger partial charge on any atom is -0.332 e. The molecule has 116 valence electrons. The van der Waals surface area contributed by atoms with Crippen LogP contribution in [0.5, 0.6) is 0 Å². The van der Waals surface area contributed by atoms with Crippen molar-refractivity contribution in [3.05, 3.63) is 90.3 Å². The Labute approximate surface area is 140 Å². The largest absolute Gasteiger partial charge is 0.332 e. The van der Waals surface area contributed by atoms with Gasteiger partial charge in [-0.25, -0.2) is 15.0 Å². The number of hydrogen-bond donors (Lipinski definition) is 0. The molecule has 2 aromatic carbocycles. The number of nitrogens with zero attached hydrogens (tertiary/aromatic N) is 4. The maximum Gasteiger partial charge on any atom is 0.179 e. The normalized spacial score (nSPS) is 10.7. The summed E-state index contributed by atoms with van der Waals surface area (Å²) in [4.78, 5) is 13.7. The summed E-state index contributed by atoms with van der Waals surface area (Å²) >= 11 is 0. The van der Waals surface area contributed by atoms with Crippen molar-refractivity contribution in [2.45, 2.75) is 0 Å². The maximum absolute atomic E-state index is 4.81. The number of aliphatic imine (C=N–C) groups is 1. The van der Waals surface area contributed by atoms with Gasteiger partial charge in [0.2, 0.25) is 0 Å². The van der Waals surface area contributed by atoms with Crippen LogP contribution in [0.4, 0.5) is 5.82 Å². The number of aromatic nitrogens is 3. The highest BCUT2D eigenvalue weighted by Gasteiger charge is 2.08. The van der Waals surface area contributed by atoms with Crippen LogP contribution >= 0.6 is 0 Å². The quantitative estimate of drug-likeness (QED) is 0.534. The van der Waals surface area contributed by atoms with Gasteiger partial charge < -0.3 is 4.57 Å². The van der Waals surface area contributed by atoms with E-state index in [2.05, 4.69) is 34.2 Å². The van der Waals surface area contributed by atoms with Crippen molar-refractivity contribution in [1.29, 1.82) is 0 Å². The summed E-state index contributed by atoms with van der Waals surface area (Å²) in [5.41, 5.74) is 4.73. The maximum atomic E-state index is 4.81. The molecule has 0 amide bonds. The standard InChI is InChI=1S/C20H16N4/c1-24-14-21-20-17(24)12-13-18(23-20)22-19(15-8-4-2-5-9-15)16-10-6-3-7-11-16/h2-14H,1H3. The summed E-state index contributed by atoms with van der Waals surface area (Å²) < 4.78 is 1.95.